The molecule has 2 aromatic carbocycles. The first-order valence-electron chi connectivity index (χ1n) is 7.79. The van der Waals surface area contributed by atoms with Crippen LogP contribution in [-0.2, 0) is 4.79 Å². The van der Waals surface area contributed by atoms with Crippen LogP contribution in [0.1, 0.15) is 24.1 Å². The molecule has 130 valence electrons. The molecule has 25 heavy (non-hydrogen) atoms. The molecule has 3 amide bonds. The number of anilines is 1. The van der Waals surface area contributed by atoms with Crippen molar-refractivity contribution >= 4 is 23.5 Å². The molecule has 1 unspecified atom stereocenters. The Kier molecular flexibility index (Phi) is 6.11. The number of urea groups is 1. The van der Waals surface area contributed by atoms with Crippen molar-refractivity contribution < 1.29 is 9.59 Å². The molecule has 0 saturated carbocycles. The van der Waals surface area contributed by atoms with Crippen LogP contribution in [0.4, 0.5) is 10.5 Å². The van der Waals surface area contributed by atoms with Gasteiger partial charge >= 0.3 is 6.03 Å². The molecule has 0 aliphatic rings. The van der Waals surface area contributed by atoms with E-state index in [-0.39, 0.29) is 24.3 Å². The predicted molar refractivity (Wildman–Crippen MR) is 97.5 cm³/mol. The summed E-state index contributed by atoms with van der Waals surface area (Å²) in [6.07, 6.45) is 0. The second kappa shape index (κ2) is 8.49. The van der Waals surface area contributed by atoms with E-state index < -0.39 is 6.03 Å². The molecule has 2 aromatic rings. The topological polar surface area (TPSA) is 120 Å². The van der Waals surface area contributed by atoms with E-state index in [9.17, 15) is 9.59 Å². The van der Waals surface area contributed by atoms with Crippen molar-refractivity contribution in [3.63, 3.8) is 0 Å². The third-order valence-electron chi connectivity index (χ3n) is 3.52. The van der Waals surface area contributed by atoms with Gasteiger partial charge < -0.3 is 21.7 Å². The van der Waals surface area contributed by atoms with E-state index in [0.717, 1.165) is 5.56 Å². The van der Waals surface area contributed by atoms with E-state index in [1.807, 2.05) is 37.3 Å². The summed E-state index contributed by atoms with van der Waals surface area (Å²) in [5, 5.41) is 15.3. The molecule has 0 saturated heterocycles. The lowest BCUT2D eigenvalue weighted by atomic mass is 10.1. The summed E-state index contributed by atoms with van der Waals surface area (Å²) in [6.45, 7) is 1.73. The van der Waals surface area contributed by atoms with Crippen LogP contribution in [0, 0.1) is 5.41 Å². The molecule has 2 rings (SSSR count). The van der Waals surface area contributed by atoms with Gasteiger partial charge in [0.05, 0.1) is 12.6 Å². The Morgan fingerprint density at radius 3 is 2.52 bits per heavy atom. The van der Waals surface area contributed by atoms with E-state index >= 15 is 0 Å². The lowest BCUT2D eigenvalue weighted by Gasteiger charge is -2.15. The number of hydrogen-bond acceptors (Lipinski definition) is 3. The summed E-state index contributed by atoms with van der Waals surface area (Å²) in [6, 6.07) is 15.5. The van der Waals surface area contributed by atoms with Crippen LogP contribution in [0.3, 0.4) is 0 Å². The zero-order valence-corrected chi connectivity index (χ0v) is 13.9. The fourth-order valence-electron chi connectivity index (χ4n) is 2.22. The molecule has 0 radical (unpaired) electrons. The zero-order valence-electron chi connectivity index (χ0n) is 13.9. The summed E-state index contributed by atoms with van der Waals surface area (Å²) in [4.78, 5) is 23.8. The van der Waals surface area contributed by atoms with Crippen LogP contribution in [0.5, 0.6) is 0 Å². The Bertz CT molecular complexity index is 761. The molecule has 0 heterocycles. The molecular formula is C18H21N5O2. The van der Waals surface area contributed by atoms with E-state index in [1.165, 1.54) is 0 Å². The SMILES string of the molecule is CC(NC(=O)CNC(=O)Nc1cccc(C(=N)N)c1)c1ccccc1. The van der Waals surface area contributed by atoms with Gasteiger partial charge in [-0.25, -0.2) is 4.79 Å². The summed E-state index contributed by atoms with van der Waals surface area (Å²) in [5.74, 6) is -0.373. The van der Waals surface area contributed by atoms with Gasteiger partial charge in [0.2, 0.25) is 5.91 Å². The summed E-state index contributed by atoms with van der Waals surface area (Å²) in [5.41, 5.74) is 7.39. The van der Waals surface area contributed by atoms with Crippen molar-refractivity contribution in [2.24, 2.45) is 5.73 Å². The molecule has 0 fully saturated rings. The third kappa shape index (κ3) is 5.65. The van der Waals surface area contributed by atoms with Crippen LogP contribution in [0.25, 0.3) is 0 Å². The minimum Gasteiger partial charge on any atom is -0.384 e. The number of rotatable bonds is 6. The second-order valence-corrected chi connectivity index (χ2v) is 5.50. The van der Waals surface area contributed by atoms with Crippen LogP contribution in [-0.4, -0.2) is 24.3 Å². The van der Waals surface area contributed by atoms with E-state index in [4.69, 9.17) is 11.1 Å². The first-order valence-corrected chi connectivity index (χ1v) is 7.79. The number of nitrogens with one attached hydrogen (secondary N) is 4. The van der Waals surface area contributed by atoms with Gasteiger partial charge in [-0.05, 0) is 24.6 Å². The zero-order chi connectivity index (χ0) is 18.2. The van der Waals surface area contributed by atoms with Crippen molar-refractivity contribution in [2.75, 3.05) is 11.9 Å². The maximum absolute atomic E-state index is 11.9. The van der Waals surface area contributed by atoms with Crippen molar-refractivity contribution in [3.8, 4) is 0 Å². The molecule has 0 spiro atoms. The third-order valence-corrected chi connectivity index (χ3v) is 3.52. The molecule has 0 bridgehead atoms. The quantitative estimate of drug-likeness (QED) is 0.409. The molecule has 0 aliphatic carbocycles. The second-order valence-electron chi connectivity index (χ2n) is 5.50. The highest BCUT2D eigenvalue weighted by molar-refractivity contribution is 5.97. The Balaban J connectivity index is 1.80. The van der Waals surface area contributed by atoms with Gasteiger partial charge in [0.15, 0.2) is 0 Å². The Hall–Kier alpha value is -3.35. The highest BCUT2D eigenvalue weighted by Gasteiger charge is 2.10. The molecule has 1 atom stereocenters. The van der Waals surface area contributed by atoms with E-state index in [0.29, 0.717) is 11.3 Å². The van der Waals surface area contributed by atoms with Gasteiger partial charge in [0.25, 0.3) is 0 Å². The lowest BCUT2D eigenvalue weighted by Crippen LogP contribution is -2.39. The van der Waals surface area contributed by atoms with Crippen LogP contribution >= 0.6 is 0 Å². The highest BCUT2D eigenvalue weighted by Crippen LogP contribution is 2.11. The van der Waals surface area contributed by atoms with Crippen molar-refractivity contribution in [3.05, 3.63) is 65.7 Å². The monoisotopic (exact) mass is 339 g/mol. The lowest BCUT2D eigenvalue weighted by molar-refractivity contribution is -0.120. The Morgan fingerprint density at radius 2 is 1.84 bits per heavy atom. The standard InChI is InChI=1S/C18H21N5O2/c1-12(13-6-3-2-4-7-13)22-16(24)11-21-18(25)23-15-9-5-8-14(10-15)17(19)20/h2-10,12H,11H2,1H3,(H3,19,20)(H,22,24)(H2,21,23,25). The molecule has 7 nitrogen and oxygen atoms in total. The Morgan fingerprint density at radius 1 is 1.12 bits per heavy atom. The minimum atomic E-state index is -0.511. The number of benzene rings is 2. The average molecular weight is 339 g/mol. The number of hydrogen-bond donors (Lipinski definition) is 5. The first-order chi connectivity index (χ1) is 12.0. The summed E-state index contributed by atoms with van der Waals surface area (Å²) in [7, 11) is 0. The molecule has 0 aromatic heterocycles. The smallest absolute Gasteiger partial charge is 0.319 e. The van der Waals surface area contributed by atoms with Gasteiger partial charge in [-0.15, -0.1) is 0 Å². The van der Waals surface area contributed by atoms with Crippen LogP contribution in [0.2, 0.25) is 0 Å². The van der Waals surface area contributed by atoms with Crippen molar-refractivity contribution in [1.82, 2.24) is 10.6 Å². The van der Waals surface area contributed by atoms with Crippen LogP contribution < -0.4 is 21.7 Å². The number of amidine groups is 1. The van der Waals surface area contributed by atoms with Gasteiger partial charge in [0.1, 0.15) is 5.84 Å². The molecule has 6 N–H and O–H groups in total. The minimum absolute atomic E-state index is 0.0849. The number of nitrogens with two attached hydrogens (primary N) is 1. The number of carbonyl (C=O) groups excluding carboxylic acids is 2. The van der Waals surface area contributed by atoms with Crippen molar-refractivity contribution in [2.45, 2.75) is 13.0 Å². The first kappa shape index (κ1) is 18.0. The fraction of sp³-hybridized carbons (Fsp3) is 0.167. The molecule has 0 aliphatic heterocycles. The normalized spacial score (nSPS) is 11.2. The number of nitrogen functional groups attached to an aromatic ring is 1. The molecule has 7 heteroatoms. The fourth-order valence-corrected chi connectivity index (χ4v) is 2.22. The highest BCUT2D eigenvalue weighted by atomic mass is 16.2. The largest absolute Gasteiger partial charge is 0.384 e. The van der Waals surface area contributed by atoms with Crippen LogP contribution in [0.15, 0.2) is 54.6 Å². The van der Waals surface area contributed by atoms with Gasteiger partial charge in [-0.3, -0.25) is 10.2 Å². The average Bonchev–Trinajstić information content (AvgIpc) is 2.61. The van der Waals surface area contributed by atoms with Crippen molar-refractivity contribution in [1.29, 1.82) is 5.41 Å². The summed E-state index contributed by atoms with van der Waals surface area (Å²) >= 11 is 0. The maximum atomic E-state index is 11.9. The Labute approximate surface area is 146 Å². The predicted octanol–water partition coefficient (Wildman–Crippen LogP) is 1.97. The number of amides is 3. The van der Waals surface area contributed by atoms with Gasteiger partial charge in [0, 0.05) is 11.3 Å². The van der Waals surface area contributed by atoms with E-state index in [2.05, 4.69) is 16.0 Å². The molecular weight excluding hydrogens is 318 g/mol. The number of carbonyl (C=O) groups is 2. The maximum Gasteiger partial charge on any atom is 0.319 e. The summed E-state index contributed by atoms with van der Waals surface area (Å²) < 4.78 is 0. The van der Waals surface area contributed by atoms with Gasteiger partial charge in [-0.1, -0.05) is 42.5 Å². The van der Waals surface area contributed by atoms with E-state index in [1.54, 1.807) is 24.3 Å². The van der Waals surface area contributed by atoms with Gasteiger partial charge in [-0.2, -0.15) is 0 Å².